The first-order valence-electron chi connectivity index (χ1n) is 8.98. The number of aliphatic carboxylic acids is 1. The van der Waals surface area contributed by atoms with E-state index in [1.54, 1.807) is 30.3 Å². The van der Waals surface area contributed by atoms with Crippen LogP contribution in [0.2, 0.25) is 0 Å². The minimum atomic E-state index is -4.60. The van der Waals surface area contributed by atoms with Crippen molar-refractivity contribution in [2.45, 2.75) is 28.3 Å². The molecule has 7 nitrogen and oxygen atoms in total. The summed E-state index contributed by atoms with van der Waals surface area (Å²) in [6.07, 6.45) is -4.50. The van der Waals surface area contributed by atoms with Gasteiger partial charge in [0.05, 0.1) is 4.88 Å². The molecule has 0 aliphatic heterocycles. The standard InChI is InChI=1S/C19H16F3N3O4S2/c1-25-15(19(20,21)22)9-13(23-25)14-7-8-16(30-14)31(28,29)24-18(17(26)27)10-12(18)11-5-3-2-4-6-11/h2-9,12,24H,10H2,1H3,(H,26,27). The molecule has 164 valence electrons. The number of carboxylic acids is 1. The number of halogens is 3. The predicted octanol–water partition coefficient (Wildman–Crippen LogP) is 3.46. The highest BCUT2D eigenvalue weighted by Crippen LogP contribution is 2.52. The Morgan fingerprint density at radius 2 is 1.94 bits per heavy atom. The summed E-state index contributed by atoms with van der Waals surface area (Å²) in [6.45, 7) is 0. The van der Waals surface area contributed by atoms with Crippen molar-refractivity contribution in [3.63, 3.8) is 0 Å². The first-order valence-corrected chi connectivity index (χ1v) is 11.3. The van der Waals surface area contributed by atoms with Crippen LogP contribution in [0, 0.1) is 0 Å². The van der Waals surface area contributed by atoms with Gasteiger partial charge < -0.3 is 5.11 Å². The van der Waals surface area contributed by atoms with Crippen LogP contribution >= 0.6 is 11.3 Å². The lowest BCUT2D eigenvalue weighted by Gasteiger charge is -2.14. The van der Waals surface area contributed by atoms with Crippen LogP contribution in [0.3, 0.4) is 0 Å². The van der Waals surface area contributed by atoms with Gasteiger partial charge >= 0.3 is 12.1 Å². The summed E-state index contributed by atoms with van der Waals surface area (Å²) in [4.78, 5) is 12.1. The zero-order valence-corrected chi connectivity index (χ0v) is 17.6. The van der Waals surface area contributed by atoms with E-state index in [-0.39, 0.29) is 21.2 Å². The lowest BCUT2D eigenvalue weighted by molar-refractivity contribution is -0.143. The average Bonchev–Trinajstić information content (AvgIpc) is 3.03. The Balaban J connectivity index is 1.61. The smallest absolute Gasteiger partial charge is 0.433 e. The monoisotopic (exact) mass is 471 g/mol. The Morgan fingerprint density at radius 1 is 1.26 bits per heavy atom. The summed E-state index contributed by atoms with van der Waals surface area (Å²) in [6, 6.07) is 12.1. The van der Waals surface area contributed by atoms with Crippen molar-refractivity contribution in [1.29, 1.82) is 0 Å². The number of carboxylic acid groups (broad SMARTS) is 1. The van der Waals surface area contributed by atoms with E-state index in [9.17, 15) is 31.5 Å². The molecule has 12 heteroatoms. The highest BCUT2D eigenvalue weighted by atomic mass is 32.2. The van der Waals surface area contributed by atoms with E-state index in [0.717, 1.165) is 13.1 Å². The number of hydrogen-bond donors (Lipinski definition) is 2. The topological polar surface area (TPSA) is 101 Å². The van der Waals surface area contributed by atoms with Crippen LogP contribution in [0.5, 0.6) is 0 Å². The number of aryl methyl sites for hydroxylation is 1. The number of alkyl halides is 3. The molecule has 1 aliphatic rings. The van der Waals surface area contributed by atoms with Gasteiger partial charge in [0.25, 0.3) is 10.0 Å². The molecule has 0 radical (unpaired) electrons. The molecular weight excluding hydrogens is 455 g/mol. The fourth-order valence-electron chi connectivity index (χ4n) is 3.49. The lowest BCUT2D eigenvalue weighted by atomic mass is 10.1. The number of benzene rings is 1. The maximum Gasteiger partial charge on any atom is 0.433 e. The zero-order chi connectivity index (χ0) is 22.6. The molecule has 2 heterocycles. The van der Waals surface area contributed by atoms with E-state index in [4.69, 9.17) is 0 Å². The van der Waals surface area contributed by atoms with Gasteiger partial charge in [-0.1, -0.05) is 30.3 Å². The van der Waals surface area contributed by atoms with E-state index >= 15 is 0 Å². The van der Waals surface area contributed by atoms with E-state index in [2.05, 4.69) is 9.82 Å². The first kappa shape index (κ1) is 21.5. The molecule has 1 aromatic carbocycles. The molecule has 4 rings (SSSR count). The third-order valence-corrected chi connectivity index (χ3v) is 8.24. The summed E-state index contributed by atoms with van der Waals surface area (Å²) in [5.74, 6) is -1.81. The zero-order valence-electron chi connectivity index (χ0n) is 15.9. The van der Waals surface area contributed by atoms with Gasteiger partial charge in [0, 0.05) is 13.0 Å². The number of nitrogens with zero attached hydrogens (tertiary/aromatic N) is 2. The van der Waals surface area contributed by atoms with E-state index in [0.29, 0.717) is 21.6 Å². The SMILES string of the molecule is Cn1nc(-c2ccc(S(=O)(=O)NC3(C(=O)O)CC3c3ccccc3)s2)cc1C(F)(F)F. The molecule has 31 heavy (non-hydrogen) atoms. The number of aromatic nitrogens is 2. The maximum absolute atomic E-state index is 13.0. The van der Waals surface area contributed by atoms with Gasteiger partial charge in [-0.05, 0) is 30.2 Å². The number of sulfonamides is 1. The molecule has 2 N–H and O–H groups in total. The normalized spacial score (nSPS) is 21.2. The Labute approximate surface area is 179 Å². The van der Waals surface area contributed by atoms with Gasteiger partial charge in [0.1, 0.15) is 21.1 Å². The molecule has 1 saturated carbocycles. The summed E-state index contributed by atoms with van der Waals surface area (Å²) >= 11 is 0.716. The predicted molar refractivity (Wildman–Crippen MR) is 106 cm³/mol. The van der Waals surface area contributed by atoms with E-state index in [1.165, 1.54) is 12.1 Å². The molecular formula is C19H16F3N3O4S2. The van der Waals surface area contributed by atoms with Gasteiger partial charge in [0.15, 0.2) is 0 Å². The molecule has 0 saturated heterocycles. The van der Waals surface area contributed by atoms with Gasteiger partial charge in [0.2, 0.25) is 0 Å². The van der Waals surface area contributed by atoms with Crippen LogP contribution in [0.1, 0.15) is 23.6 Å². The second-order valence-corrected chi connectivity index (χ2v) is 10.2. The number of carbonyl (C=O) groups is 1. The Kier molecular flexibility index (Phi) is 4.98. The first-order chi connectivity index (χ1) is 14.4. The van der Waals surface area contributed by atoms with Crippen LogP contribution in [-0.4, -0.2) is 34.8 Å². The molecule has 1 aliphatic carbocycles. The van der Waals surface area contributed by atoms with Crippen LogP contribution in [0.25, 0.3) is 10.6 Å². The molecule has 0 bridgehead atoms. The van der Waals surface area contributed by atoms with Crippen molar-refractivity contribution in [2.75, 3.05) is 0 Å². The quantitative estimate of drug-likeness (QED) is 0.574. The third-order valence-electron chi connectivity index (χ3n) is 5.13. The van der Waals surface area contributed by atoms with Crippen molar-refractivity contribution in [3.05, 3.63) is 59.8 Å². The van der Waals surface area contributed by atoms with Crippen LogP contribution < -0.4 is 4.72 Å². The molecule has 1 fully saturated rings. The average molecular weight is 471 g/mol. The summed E-state index contributed by atoms with van der Waals surface area (Å²) in [5, 5.41) is 13.5. The van der Waals surface area contributed by atoms with Gasteiger partial charge in [-0.15, -0.1) is 11.3 Å². The highest BCUT2D eigenvalue weighted by molar-refractivity contribution is 7.91. The lowest BCUT2D eigenvalue weighted by Crippen LogP contribution is -2.44. The molecule has 2 unspecified atom stereocenters. The number of thiophene rings is 1. The van der Waals surface area contributed by atoms with Crippen molar-refractivity contribution < 1.29 is 31.5 Å². The Hall–Kier alpha value is -2.70. The van der Waals surface area contributed by atoms with Gasteiger partial charge in [-0.3, -0.25) is 9.48 Å². The molecule has 2 atom stereocenters. The van der Waals surface area contributed by atoms with E-state index in [1.807, 2.05) is 0 Å². The van der Waals surface area contributed by atoms with Gasteiger partial charge in [-0.2, -0.15) is 23.0 Å². The minimum absolute atomic E-state index is 0.0252. The second kappa shape index (κ2) is 7.18. The third kappa shape index (κ3) is 3.86. The minimum Gasteiger partial charge on any atom is -0.480 e. The highest BCUT2D eigenvalue weighted by Gasteiger charge is 2.63. The van der Waals surface area contributed by atoms with Crippen molar-refractivity contribution in [1.82, 2.24) is 14.5 Å². The molecule has 0 amide bonds. The van der Waals surface area contributed by atoms with Gasteiger partial charge in [-0.25, -0.2) is 8.42 Å². The van der Waals surface area contributed by atoms with Crippen molar-refractivity contribution in [2.24, 2.45) is 7.05 Å². The summed E-state index contributed by atoms with van der Waals surface area (Å²) in [7, 11) is -3.08. The van der Waals surface area contributed by atoms with Crippen molar-refractivity contribution in [3.8, 4) is 10.6 Å². The van der Waals surface area contributed by atoms with Crippen molar-refractivity contribution >= 4 is 27.3 Å². The van der Waals surface area contributed by atoms with E-state index < -0.39 is 39.3 Å². The number of nitrogens with one attached hydrogen (secondary N) is 1. The number of rotatable bonds is 6. The fraction of sp³-hybridized carbons (Fsp3) is 0.263. The van der Waals surface area contributed by atoms with Crippen LogP contribution in [-0.2, 0) is 28.0 Å². The molecule has 2 aromatic heterocycles. The van der Waals surface area contributed by atoms with Crippen LogP contribution in [0.15, 0.2) is 52.7 Å². The summed E-state index contributed by atoms with van der Waals surface area (Å²) < 4.78 is 67.5. The Bertz CT molecular complexity index is 1250. The molecule has 0 spiro atoms. The maximum atomic E-state index is 13.0. The summed E-state index contributed by atoms with van der Waals surface area (Å²) in [5.41, 5.74) is -1.96. The second-order valence-electron chi connectivity index (χ2n) is 7.20. The fourth-order valence-corrected chi connectivity index (χ4v) is 6.16. The largest absolute Gasteiger partial charge is 0.480 e. The number of hydrogen-bond acceptors (Lipinski definition) is 5. The Morgan fingerprint density at radius 3 is 2.52 bits per heavy atom. The molecule has 3 aromatic rings. The van der Waals surface area contributed by atoms with Crippen LogP contribution in [0.4, 0.5) is 13.2 Å².